The van der Waals surface area contributed by atoms with Crippen molar-refractivity contribution in [1.29, 1.82) is 0 Å². The smallest absolute Gasteiger partial charge is 0.200 e. The van der Waals surface area contributed by atoms with E-state index in [1.807, 2.05) is 13.0 Å². The van der Waals surface area contributed by atoms with Crippen molar-refractivity contribution in [1.82, 2.24) is 9.97 Å². The molecular formula is C15H24N2O3. The topological polar surface area (TPSA) is 53.5 Å². The van der Waals surface area contributed by atoms with Crippen LogP contribution in [0.5, 0.6) is 0 Å². The fourth-order valence-electron chi connectivity index (χ4n) is 2.89. The standard InChI is InChI=1S/C15H24N2O3/c1-4-20-15(9-6-5-7-10-15)14-16-11-8-12(17-14)13(18-2)19-3/h8,11,13H,4-7,9-10H2,1-3H3. The third-order valence-corrected chi connectivity index (χ3v) is 3.84. The van der Waals surface area contributed by atoms with E-state index in [-0.39, 0.29) is 5.60 Å². The van der Waals surface area contributed by atoms with Gasteiger partial charge in [0.15, 0.2) is 5.82 Å². The summed E-state index contributed by atoms with van der Waals surface area (Å²) in [5.74, 6) is 0.760. The summed E-state index contributed by atoms with van der Waals surface area (Å²) in [4.78, 5) is 9.10. The summed E-state index contributed by atoms with van der Waals surface area (Å²) in [6.45, 7) is 2.69. The SMILES string of the molecule is CCOC1(c2nccc(C(OC)OC)n2)CCCCC1. The predicted octanol–water partition coefficient (Wildman–Crippen LogP) is 2.96. The third-order valence-electron chi connectivity index (χ3n) is 3.84. The third kappa shape index (κ3) is 3.16. The molecule has 2 rings (SSSR count). The van der Waals surface area contributed by atoms with Gasteiger partial charge in [0, 0.05) is 27.0 Å². The lowest BCUT2D eigenvalue weighted by Crippen LogP contribution is -2.35. The van der Waals surface area contributed by atoms with Gasteiger partial charge in [0.2, 0.25) is 6.29 Å². The minimum Gasteiger partial charge on any atom is -0.367 e. The normalized spacial score (nSPS) is 18.4. The number of nitrogens with zero attached hydrogens (tertiary/aromatic N) is 2. The molecule has 0 N–H and O–H groups in total. The molecule has 0 spiro atoms. The minimum atomic E-state index is -0.459. The Hall–Kier alpha value is -1.04. The molecule has 1 heterocycles. The molecule has 0 atom stereocenters. The fraction of sp³-hybridized carbons (Fsp3) is 0.733. The molecule has 20 heavy (non-hydrogen) atoms. The number of methoxy groups -OCH3 is 2. The molecule has 112 valence electrons. The van der Waals surface area contributed by atoms with Crippen LogP contribution in [0, 0.1) is 0 Å². The second-order valence-electron chi connectivity index (χ2n) is 5.10. The van der Waals surface area contributed by atoms with Crippen LogP contribution in [0.4, 0.5) is 0 Å². The molecule has 0 aromatic carbocycles. The van der Waals surface area contributed by atoms with Crippen molar-refractivity contribution in [3.63, 3.8) is 0 Å². The molecular weight excluding hydrogens is 256 g/mol. The number of rotatable bonds is 6. The first kappa shape index (κ1) is 15.4. The summed E-state index contributed by atoms with van der Waals surface area (Å²) in [5, 5.41) is 0. The lowest BCUT2D eigenvalue weighted by atomic mass is 9.83. The van der Waals surface area contributed by atoms with E-state index in [2.05, 4.69) is 9.97 Å². The van der Waals surface area contributed by atoms with Gasteiger partial charge in [0.05, 0.1) is 0 Å². The van der Waals surface area contributed by atoms with Crippen LogP contribution in [-0.4, -0.2) is 30.8 Å². The lowest BCUT2D eigenvalue weighted by Gasteiger charge is -2.35. The number of aromatic nitrogens is 2. The van der Waals surface area contributed by atoms with Crippen LogP contribution >= 0.6 is 0 Å². The summed E-state index contributed by atoms with van der Waals surface area (Å²) in [6.07, 6.45) is 6.84. The molecule has 0 bridgehead atoms. The van der Waals surface area contributed by atoms with Gasteiger partial charge in [-0.05, 0) is 25.8 Å². The second-order valence-corrected chi connectivity index (χ2v) is 5.10. The number of ether oxygens (including phenoxy) is 3. The highest BCUT2D eigenvalue weighted by atomic mass is 16.7. The molecule has 1 aromatic heterocycles. The maximum atomic E-state index is 6.05. The zero-order valence-corrected chi connectivity index (χ0v) is 12.6. The van der Waals surface area contributed by atoms with E-state index in [0.717, 1.165) is 37.2 Å². The first-order valence-electron chi connectivity index (χ1n) is 7.28. The molecule has 0 radical (unpaired) electrons. The van der Waals surface area contributed by atoms with Gasteiger partial charge in [-0.1, -0.05) is 19.3 Å². The van der Waals surface area contributed by atoms with Gasteiger partial charge in [0.1, 0.15) is 11.3 Å². The molecule has 0 aliphatic heterocycles. The first-order valence-corrected chi connectivity index (χ1v) is 7.28. The van der Waals surface area contributed by atoms with E-state index in [9.17, 15) is 0 Å². The van der Waals surface area contributed by atoms with Crippen molar-refractivity contribution >= 4 is 0 Å². The van der Waals surface area contributed by atoms with E-state index in [0.29, 0.717) is 6.61 Å². The molecule has 1 aromatic rings. The van der Waals surface area contributed by atoms with Crippen LogP contribution in [0.25, 0.3) is 0 Å². The predicted molar refractivity (Wildman–Crippen MR) is 75.2 cm³/mol. The van der Waals surface area contributed by atoms with Crippen molar-refractivity contribution in [2.75, 3.05) is 20.8 Å². The first-order chi connectivity index (χ1) is 9.75. The van der Waals surface area contributed by atoms with Crippen molar-refractivity contribution < 1.29 is 14.2 Å². The van der Waals surface area contributed by atoms with Crippen LogP contribution in [0.15, 0.2) is 12.3 Å². The Morgan fingerprint density at radius 1 is 1.20 bits per heavy atom. The quantitative estimate of drug-likeness (QED) is 0.750. The van der Waals surface area contributed by atoms with Crippen molar-refractivity contribution in [2.45, 2.75) is 50.9 Å². The van der Waals surface area contributed by atoms with Gasteiger partial charge < -0.3 is 14.2 Å². The summed E-state index contributed by atoms with van der Waals surface area (Å²) in [6, 6.07) is 1.82. The van der Waals surface area contributed by atoms with E-state index >= 15 is 0 Å². The Balaban J connectivity index is 2.31. The molecule has 5 heteroatoms. The van der Waals surface area contributed by atoms with Crippen molar-refractivity contribution in [3.05, 3.63) is 23.8 Å². The Kier molecular flexibility index (Phi) is 5.46. The van der Waals surface area contributed by atoms with Gasteiger partial charge in [-0.3, -0.25) is 0 Å². The molecule has 1 fully saturated rings. The Morgan fingerprint density at radius 3 is 2.50 bits per heavy atom. The van der Waals surface area contributed by atoms with Gasteiger partial charge in [-0.15, -0.1) is 0 Å². The monoisotopic (exact) mass is 280 g/mol. The molecule has 0 unspecified atom stereocenters. The maximum Gasteiger partial charge on any atom is 0.200 e. The summed E-state index contributed by atoms with van der Waals surface area (Å²) in [7, 11) is 3.21. The van der Waals surface area contributed by atoms with Crippen LogP contribution in [0.2, 0.25) is 0 Å². The van der Waals surface area contributed by atoms with Crippen LogP contribution in [0.3, 0.4) is 0 Å². The maximum absolute atomic E-state index is 6.05. The minimum absolute atomic E-state index is 0.338. The lowest BCUT2D eigenvalue weighted by molar-refractivity contribution is -0.110. The molecule has 0 amide bonds. The van der Waals surface area contributed by atoms with Crippen molar-refractivity contribution in [3.8, 4) is 0 Å². The van der Waals surface area contributed by atoms with Crippen molar-refractivity contribution in [2.24, 2.45) is 0 Å². The van der Waals surface area contributed by atoms with Crippen LogP contribution in [-0.2, 0) is 19.8 Å². The van der Waals surface area contributed by atoms with E-state index < -0.39 is 6.29 Å². The Labute approximate surface area is 120 Å². The number of hydrogen-bond acceptors (Lipinski definition) is 5. The molecule has 1 aliphatic rings. The van der Waals surface area contributed by atoms with Crippen LogP contribution < -0.4 is 0 Å². The molecule has 0 saturated heterocycles. The van der Waals surface area contributed by atoms with Gasteiger partial charge in [0.25, 0.3) is 0 Å². The number of hydrogen-bond donors (Lipinski definition) is 0. The van der Waals surface area contributed by atoms with Gasteiger partial charge in [-0.25, -0.2) is 9.97 Å². The Morgan fingerprint density at radius 2 is 1.90 bits per heavy atom. The average molecular weight is 280 g/mol. The highest BCUT2D eigenvalue weighted by molar-refractivity contribution is 5.11. The molecule has 1 aliphatic carbocycles. The summed E-state index contributed by atoms with van der Waals surface area (Å²) < 4.78 is 16.6. The fourth-order valence-corrected chi connectivity index (χ4v) is 2.89. The van der Waals surface area contributed by atoms with E-state index in [4.69, 9.17) is 14.2 Å². The van der Waals surface area contributed by atoms with E-state index in [1.165, 1.54) is 6.42 Å². The van der Waals surface area contributed by atoms with Crippen LogP contribution in [0.1, 0.15) is 56.8 Å². The summed E-state index contributed by atoms with van der Waals surface area (Å²) >= 11 is 0. The largest absolute Gasteiger partial charge is 0.367 e. The molecule has 5 nitrogen and oxygen atoms in total. The zero-order chi connectivity index (χ0) is 14.4. The summed E-state index contributed by atoms with van der Waals surface area (Å²) in [5.41, 5.74) is 0.402. The Bertz CT molecular complexity index is 410. The second kappa shape index (κ2) is 7.11. The molecule has 1 saturated carbocycles. The highest BCUT2D eigenvalue weighted by Crippen LogP contribution is 2.39. The average Bonchev–Trinajstić information content (AvgIpc) is 2.50. The van der Waals surface area contributed by atoms with Gasteiger partial charge >= 0.3 is 0 Å². The van der Waals surface area contributed by atoms with Gasteiger partial charge in [-0.2, -0.15) is 0 Å². The van der Waals surface area contributed by atoms with E-state index in [1.54, 1.807) is 20.4 Å². The highest BCUT2D eigenvalue weighted by Gasteiger charge is 2.37. The zero-order valence-electron chi connectivity index (χ0n) is 12.6.